The molecule has 0 saturated carbocycles. The number of hydrogen-bond donors (Lipinski definition) is 0. The van der Waals surface area contributed by atoms with Crippen molar-refractivity contribution in [2.75, 3.05) is 0 Å². The second-order valence-corrected chi connectivity index (χ2v) is 8.26. The number of halogens is 1. The zero-order valence-electron chi connectivity index (χ0n) is 16.7. The van der Waals surface area contributed by atoms with Gasteiger partial charge in [-0.05, 0) is 48.7 Å². The Bertz CT molecular complexity index is 1450. The highest BCUT2D eigenvalue weighted by Gasteiger charge is 2.20. The fourth-order valence-corrected chi connectivity index (χ4v) is 3.79. The highest BCUT2D eigenvalue weighted by molar-refractivity contribution is 6.30. The number of fused-ring (bicyclic) bond motifs is 4. The molecule has 0 radical (unpaired) electrons. The van der Waals surface area contributed by atoms with Crippen LogP contribution in [0.15, 0.2) is 59.7 Å². The molecule has 0 atom stereocenters. The fraction of sp³-hybridized carbons (Fsp3) is 0.217. The first-order valence-corrected chi connectivity index (χ1v) is 10.3. The van der Waals surface area contributed by atoms with Crippen LogP contribution in [0.25, 0.3) is 38.9 Å². The molecule has 0 aliphatic carbocycles. The highest BCUT2D eigenvalue weighted by atomic mass is 35.5. The Morgan fingerprint density at radius 2 is 1.67 bits per heavy atom. The molecule has 5 aromatic rings. The van der Waals surface area contributed by atoms with Crippen molar-refractivity contribution in [3.63, 3.8) is 0 Å². The largest absolute Gasteiger partial charge is 0.299 e. The summed E-state index contributed by atoms with van der Waals surface area (Å²) < 4.78 is 3.56. The van der Waals surface area contributed by atoms with Crippen LogP contribution < -0.4 is 5.56 Å². The Morgan fingerprint density at radius 3 is 2.37 bits per heavy atom. The van der Waals surface area contributed by atoms with Crippen LogP contribution in [0.1, 0.15) is 20.3 Å². The van der Waals surface area contributed by atoms with Gasteiger partial charge < -0.3 is 0 Å². The second kappa shape index (κ2) is 7.22. The van der Waals surface area contributed by atoms with Crippen LogP contribution in [0.2, 0.25) is 5.02 Å². The van der Waals surface area contributed by atoms with Crippen molar-refractivity contribution in [3.05, 3.63) is 70.2 Å². The molecule has 0 unspecified atom stereocenters. The molecule has 0 bridgehead atoms. The molecule has 3 heterocycles. The summed E-state index contributed by atoms with van der Waals surface area (Å²) in [5.74, 6) is 0.492. The van der Waals surface area contributed by atoms with Gasteiger partial charge in [0.2, 0.25) is 0 Å². The molecule has 150 valence electrons. The molecule has 6 nitrogen and oxygen atoms in total. The van der Waals surface area contributed by atoms with E-state index in [-0.39, 0.29) is 5.56 Å². The maximum Gasteiger partial charge on any atom is 0.265 e. The van der Waals surface area contributed by atoms with Crippen LogP contribution in [-0.4, -0.2) is 24.1 Å². The normalized spacial score (nSPS) is 11.9. The van der Waals surface area contributed by atoms with E-state index in [1.165, 1.54) is 0 Å². The topological polar surface area (TPSA) is 65.6 Å². The summed E-state index contributed by atoms with van der Waals surface area (Å²) in [5, 5.41) is 1.13. The summed E-state index contributed by atoms with van der Waals surface area (Å²) >= 11 is 6.09. The third kappa shape index (κ3) is 3.04. The van der Waals surface area contributed by atoms with Crippen LogP contribution in [-0.2, 0) is 6.54 Å². The lowest BCUT2D eigenvalue weighted by Gasteiger charge is -2.09. The third-order valence-corrected chi connectivity index (χ3v) is 5.51. The van der Waals surface area contributed by atoms with Gasteiger partial charge in [-0.2, -0.15) is 0 Å². The van der Waals surface area contributed by atoms with Gasteiger partial charge in [0.25, 0.3) is 5.56 Å². The van der Waals surface area contributed by atoms with Gasteiger partial charge in [0.15, 0.2) is 11.3 Å². The zero-order valence-corrected chi connectivity index (χ0v) is 17.5. The number of aryl methyl sites for hydroxylation is 1. The molecule has 7 heteroatoms. The van der Waals surface area contributed by atoms with Crippen LogP contribution in [0.5, 0.6) is 0 Å². The van der Waals surface area contributed by atoms with E-state index < -0.39 is 0 Å². The van der Waals surface area contributed by atoms with Gasteiger partial charge in [-0.3, -0.25) is 13.9 Å². The quantitative estimate of drug-likeness (QED) is 0.413. The van der Waals surface area contributed by atoms with Crippen LogP contribution >= 0.6 is 11.6 Å². The zero-order chi connectivity index (χ0) is 20.8. The van der Waals surface area contributed by atoms with E-state index in [0.29, 0.717) is 39.7 Å². The minimum atomic E-state index is -0.0945. The first-order chi connectivity index (χ1) is 14.5. The highest BCUT2D eigenvalue weighted by Crippen LogP contribution is 2.28. The first-order valence-electron chi connectivity index (χ1n) is 9.95. The Balaban J connectivity index is 1.88. The number of para-hydroxylation sites is 2. The van der Waals surface area contributed by atoms with Gasteiger partial charge in [-0.25, -0.2) is 15.0 Å². The molecule has 0 saturated heterocycles. The van der Waals surface area contributed by atoms with Gasteiger partial charge in [-0.1, -0.05) is 37.6 Å². The molecule has 2 aromatic carbocycles. The lowest BCUT2D eigenvalue weighted by molar-refractivity contribution is 0.506. The molecule has 0 fully saturated rings. The lowest BCUT2D eigenvalue weighted by atomic mass is 10.1. The Kier molecular flexibility index (Phi) is 4.51. The van der Waals surface area contributed by atoms with Gasteiger partial charge >= 0.3 is 0 Å². The summed E-state index contributed by atoms with van der Waals surface area (Å²) in [6, 6.07) is 15.1. The van der Waals surface area contributed by atoms with E-state index in [2.05, 4.69) is 18.8 Å². The van der Waals surface area contributed by atoms with Crippen molar-refractivity contribution in [1.29, 1.82) is 0 Å². The maximum absolute atomic E-state index is 13.4. The Labute approximate surface area is 177 Å². The summed E-state index contributed by atoms with van der Waals surface area (Å²) in [6.45, 7) is 4.90. The standard InChI is InChI=1S/C23H20ClN5O/c1-14(2)11-12-28-13-25-21-19(23(28)30)20-22(27-18-6-4-3-5-17(18)26-20)29(21)16-9-7-15(24)8-10-16/h3-10,13-14H,11-12H2,1-2H3. The number of nitrogens with zero attached hydrogens (tertiary/aromatic N) is 5. The van der Waals surface area contributed by atoms with Gasteiger partial charge in [0.05, 0.1) is 17.4 Å². The van der Waals surface area contributed by atoms with Crippen molar-refractivity contribution >= 4 is 44.8 Å². The van der Waals surface area contributed by atoms with Crippen molar-refractivity contribution in [2.24, 2.45) is 5.92 Å². The predicted octanol–water partition coefficient (Wildman–Crippen LogP) is 4.98. The van der Waals surface area contributed by atoms with Crippen LogP contribution in [0.4, 0.5) is 0 Å². The van der Waals surface area contributed by atoms with Crippen molar-refractivity contribution in [2.45, 2.75) is 26.8 Å². The Morgan fingerprint density at radius 1 is 0.967 bits per heavy atom. The third-order valence-electron chi connectivity index (χ3n) is 5.26. The number of benzene rings is 2. The molecule has 0 amide bonds. The summed E-state index contributed by atoms with van der Waals surface area (Å²) in [6.07, 6.45) is 2.52. The van der Waals surface area contributed by atoms with E-state index in [0.717, 1.165) is 23.1 Å². The summed E-state index contributed by atoms with van der Waals surface area (Å²) in [4.78, 5) is 27.7. The van der Waals surface area contributed by atoms with Crippen molar-refractivity contribution in [3.8, 4) is 5.69 Å². The fourth-order valence-electron chi connectivity index (χ4n) is 3.66. The van der Waals surface area contributed by atoms with E-state index in [9.17, 15) is 4.79 Å². The number of aromatic nitrogens is 5. The monoisotopic (exact) mass is 417 g/mol. The molecular weight excluding hydrogens is 398 g/mol. The summed E-state index contributed by atoms with van der Waals surface area (Å²) in [7, 11) is 0. The second-order valence-electron chi connectivity index (χ2n) is 7.82. The summed E-state index contributed by atoms with van der Waals surface area (Å²) in [5.41, 5.74) is 3.97. The van der Waals surface area contributed by atoms with E-state index in [4.69, 9.17) is 21.6 Å². The molecular formula is C23H20ClN5O. The molecule has 30 heavy (non-hydrogen) atoms. The van der Waals surface area contributed by atoms with Crippen molar-refractivity contribution in [1.82, 2.24) is 24.1 Å². The Hall–Kier alpha value is -3.25. The van der Waals surface area contributed by atoms with E-state index >= 15 is 0 Å². The van der Waals surface area contributed by atoms with Crippen molar-refractivity contribution < 1.29 is 0 Å². The molecule has 5 rings (SSSR count). The van der Waals surface area contributed by atoms with E-state index in [1.807, 2.05) is 53.1 Å². The average Bonchev–Trinajstić information content (AvgIpc) is 3.06. The number of hydrogen-bond acceptors (Lipinski definition) is 4. The smallest absolute Gasteiger partial charge is 0.265 e. The minimum Gasteiger partial charge on any atom is -0.299 e. The van der Waals surface area contributed by atoms with Crippen LogP contribution in [0.3, 0.4) is 0 Å². The SMILES string of the molecule is CC(C)CCn1cnc2c(c1=O)c1nc3ccccc3nc1n2-c1ccc(Cl)cc1. The van der Waals surface area contributed by atoms with Crippen LogP contribution in [0, 0.1) is 5.92 Å². The number of rotatable bonds is 4. The van der Waals surface area contributed by atoms with E-state index in [1.54, 1.807) is 10.9 Å². The van der Waals surface area contributed by atoms with Gasteiger partial charge in [-0.15, -0.1) is 0 Å². The minimum absolute atomic E-state index is 0.0945. The predicted molar refractivity (Wildman–Crippen MR) is 120 cm³/mol. The average molecular weight is 418 g/mol. The van der Waals surface area contributed by atoms with Gasteiger partial charge in [0.1, 0.15) is 10.9 Å². The van der Waals surface area contributed by atoms with Gasteiger partial charge in [0, 0.05) is 17.3 Å². The molecule has 0 spiro atoms. The molecule has 0 aliphatic rings. The maximum atomic E-state index is 13.4. The lowest BCUT2D eigenvalue weighted by Crippen LogP contribution is -2.21. The molecule has 0 N–H and O–H groups in total. The molecule has 3 aromatic heterocycles. The molecule has 0 aliphatic heterocycles. The first kappa shape index (κ1) is 18.8.